The summed E-state index contributed by atoms with van der Waals surface area (Å²) in [5.41, 5.74) is 6.42. The first-order valence-electron chi connectivity index (χ1n) is 6.17. The quantitative estimate of drug-likeness (QED) is 0.439. The molecule has 0 unspecified atom stereocenters. The second kappa shape index (κ2) is 6.33. The maximum atomic E-state index is 11.6. The van der Waals surface area contributed by atoms with Crippen LogP contribution in [0.3, 0.4) is 0 Å². The third-order valence-electron chi connectivity index (χ3n) is 2.50. The molecule has 0 aromatic carbocycles. The van der Waals surface area contributed by atoms with E-state index in [1.165, 1.54) is 17.8 Å². The Bertz CT molecular complexity index is 682. The Balaban J connectivity index is 2.27. The van der Waals surface area contributed by atoms with E-state index in [1.807, 2.05) is 6.92 Å². The van der Waals surface area contributed by atoms with E-state index in [0.29, 0.717) is 10.9 Å². The van der Waals surface area contributed by atoms with Crippen LogP contribution in [0.15, 0.2) is 39.2 Å². The number of H-pyrrole nitrogens is 1. The van der Waals surface area contributed by atoms with Gasteiger partial charge in [0.25, 0.3) is 5.56 Å². The van der Waals surface area contributed by atoms with Gasteiger partial charge in [-0.2, -0.15) is 0 Å². The number of amidine groups is 1. The Morgan fingerprint density at radius 1 is 1.50 bits per heavy atom. The Morgan fingerprint density at radius 2 is 2.30 bits per heavy atom. The third kappa shape index (κ3) is 3.67. The number of rotatable bonds is 5. The molecule has 0 aliphatic heterocycles. The number of nitrogens with one attached hydrogen (secondary N) is 2. The molecule has 2 aromatic heterocycles. The number of nitrogens with zero attached hydrogens (tertiary/aromatic N) is 2. The average molecular weight is 289 g/mol. The molecule has 6 nitrogen and oxygen atoms in total. The van der Waals surface area contributed by atoms with Gasteiger partial charge >= 0.3 is 0 Å². The summed E-state index contributed by atoms with van der Waals surface area (Å²) in [4.78, 5) is 23.5. The summed E-state index contributed by atoms with van der Waals surface area (Å²) >= 11 is 1.31. The second-order valence-electron chi connectivity index (χ2n) is 4.18. The zero-order chi connectivity index (χ0) is 14.5. The summed E-state index contributed by atoms with van der Waals surface area (Å²) in [6.07, 6.45) is 3.28. The van der Waals surface area contributed by atoms with Crippen molar-refractivity contribution in [2.45, 2.75) is 29.8 Å². The standard InChI is InChI=1S/C13H15N5OS/c1-2-3-8-6-11(19)18-13(17-8)20-9-4-5-16-10(7-9)12(14)15/h4-7H,2-3H2,1H3,(H3,14,15)(H,17,18,19). The molecular weight excluding hydrogens is 274 g/mol. The predicted octanol–water partition coefficient (Wildman–Crippen LogP) is 1.55. The Kier molecular flexibility index (Phi) is 4.52. The highest BCUT2D eigenvalue weighted by Gasteiger charge is 2.05. The summed E-state index contributed by atoms with van der Waals surface area (Å²) in [5.74, 6) is -0.0892. The zero-order valence-electron chi connectivity index (χ0n) is 11.0. The summed E-state index contributed by atoms with van der Waals surface area (Å²) in [6.45, 7) is 2.04. The molecule has 7 heteroatoms. The molecule has 0 atom stereocenters. The molecule has 20 heavy (non-hydrogen) atoms. The summed E-state index contributed by atoms with van der Waals surface area (Å²) in [6, 6.07) is 4.99. The fourth-order valence-corrected chi connectivity index (χ4v) is 2.49. The minimum Gasteiger partial charge on any atom is -0.382 e. The molecule has 2 aromatic rings. The number of hydrogen-bond acceptors (Lipinski definition) is 5. The van der Waals surface area contributed by atoms with Crippen molar-refractivity contribution in [1.82, 2.24) is 15.0 Å². The number of aromatic nitrogens is 3. The van der Waals surface area contributed by atoms with Gasteiger partial charge in [-0.25, -0.2) is 4.98 Å². The highest BCUT2D eigenvalue weighted by Crippen LogP contribution is 2.23. The monoisotopic (exact) mass is 289 g/mol. The van der Waals surface area contributed by atoms with Crippen molar-refractivity contribution >= 4 is 17.6 Å². The minimum absolute atomic E-state index is 0.0892. The lowest BCUT2D eigenvalue weighted by molar-refractivity contribution is 0.816. The fraction of sp³-hybridized carbons (Fsp3) is 0.231. The van der Waals surface area contributed by atoms with Crippen LogP contribution in [0.5, 0.6) is 0 Å². The third-order valence-corrected chi connectivity index (χ3v) is 3.38. The molecule has 0 fully saturated rings. The van der Waals surface area contributed by atoms with E-state index in [4.69, 9.17) is 11.1 Å². The first-order chi connectivity index (χ1) is 9.58. The number of aromatic amines is 1. The van der Waals surface area contributed by atoms with Gasteiger partial charge in [0.05, 0.1) is 0 Å². The Morgan fingerprint density at radius 3 is 3.00 bits per heavy atom. The molecule has 0 saturated carbocycles. The molecule has 0 saturated heterocycles. The lowest BCUT2D eigenvalue weighted by Gasteiger charge is -2.04. The van der Waals surface area contributed by atoms with Gasteiger partial charge in [0.15, 0.2) is 5.16 Å². The molecular formula is C13H15N5OS. The maximum Gasteiger partial charge on any atom is 0.251 e. The largest absolute Gasteiger partial charge is 0.382 e. The first-order valence-corrected chi connectivity index (χ1v) is 6.98. The van der Waals surface area contributed by atoms with Gasteiger partial charge in [-0.15, -0.1) is 0 Å². The van der Waals surface area contributed by atoms with Gasteiger partial charge in [0.1, 0.15) is 11.5 Å². The second-order valence-corrected chi connectivity index (χ2v) is 5.25. The fourth-order valence-electron chi connectivity index (χ4n) is 1.65. The van der Waals surface area contributed by atoms with Crippen molar-refractivity contribution in [1.29, 1.82) is 5.41 Å². The number of pyridine rings is 1. The van der Waals surface area contributed by atoms with Gasteiger partial charge in [-0.3, -0.25) is 15.2 Å². The van der Waals surface area contributed by atoms with Crippen LogP contribution < -0.4 is 11.3 Å². The van der Waals surface area contributed by atoms with Crippen LogP contribution in [0.4, 0.5) is 0 Å². The normalized spacial score (nSPS) is 10.4. The SMILES string of the molecule is CCCc1cc(=O)[nH]c(Sc2ccnc(C(=N)N)c2)n1. The highest BCUT2D eigenvalue weighted by molar-refractivity contribution is 7.99. The molecule has 4 N–H and O–H groups in total. The lowest BCUT2D eigenvalue weighted by atomic mass is 10.2. The van der Waals surface area contributed by atoms with Gasteiger partial charge < -0.3 is 10.7 Å². The van der Waals surface area contributed by atoms with E-state index in [2.05, 4.69) is 15.0 Å². The molecule has 0 aliphatic rings. The van der Waals surface area contributed by atoms with Crippen LogP contribution in [0.2, 0.25) is 0 Å². The van der Waals surface area contributed by atoms with Crippen LogP contribution in [0.1, 0.15) is 24.7 Å². The van der Waals surface area contributed by atoms with Crippen molar-refractivity contribution in [3.05, 3.63) is 46.1 Å². The van der Waals surface area contributed by atoms with E-state index >= 15 is 0 Å². The number of hydrogen-bond donors (Lipinski definition) is 3. The van der Waals surface area contributed by atoms with Crippen molar-refractivity contribution in [2.75, 3.05) is 0 Å². The zero-order valence-corrected chi connectivity index (χ0v) is 11.8. The van der Waals surface area contributed by atoms with E-state index in [9.17, 15) is 4.79 Å². The minimum atomic E-state index is -0.160. The van der Waals surface area contributed by atoms with Crippen molar-refractivity contribution in [2.24, 2.45) is 5.73 Å². The molecule has 104 valence electrons. The predicted molar refractivity (Wildman–Crippen MR) is 78.2 cm³/mol. The number of nitrogen functional groups attached to an aromatic ring is 1. The van der Waals surface area contributed by atoms with Crippen LogP contribution in [-0.2, 0) is 6.42 Å². The molecule has 2 rings (SSSR count). The van der Waals surface area contributed by atoms with Crippen LogP contribution in [0, 0.1) is 5.41 Å². The summed E-state index contributed by atoms with van der Waals surface area (Å²) in [5, 5.41) is 7.90. The van der Waals surface area contributed by atoms with E-state index in [0.717, 1.165) is 23.4 Å². The van der Waals surface area contributed by atoms with E-state index < -0.39 is 0 Å². The average Bonchev–Trinajstić information content (AvgIpc) is 2.38. The molecule has 0 spiro atoms. The van der Waals surface area contributed by atoms with Crippen LogP contribution in [-0.4, -0.2) is 20.8 Å². The Hall–Kier alpha value is -2.15. The van der Waals surface area contributed by atoms with E-state index in [1.54, 1.807) is 18.3 Å². The number of aryl methyl sites for hydroxylation is 1. The van der Waals surface area contributed by atoms with Gasteiger partial charge in [-0.1, -0.05) is 25.1 Å². The van der Waals surface area contributed by atoms with Gasteiger partial charge in [0, 0.05) is 22.9 Å². The van der Waals surface area contributed by atoms with E-state index in [-0.39, 0.29) is 11.4 Å². The van der Waals surface area contributed by atoms with Gasteiger partial charge in [-0.05, 0) is 18.6 Å². The van der Waals surface area contributed by atoms with Crippen LogP contribution in [0.25, 0.3) is 0 Å². The molecule has 0 amide bonds. The number of nitrogens with two attached hydrogens (primary N) is 1. The maximum absolute atomic E-state index is 11.6. The lowest BCUT2D eigenvalue weighted by Crippen LogP contribution is -2.13. The molecule has 0 bridgehead atoms. The molecule has 0 radical (unpaired) electrons. The Labute approximate surface area is 120 Å². The smallest absolute Gasteiger partial charge is 0.251 e. The van der Waals surface area contributed by atoms with Crippen molar-refractivity contribution < 1.29 is 0 Å². The summed E-state index contributed by atoms with van der Waals surface area (Å²) < 4.78 is 0. The topological polar surface area (TPSA) is 109 Å². The molecule has 2 heterocycles. The molecule has 0 aliphatic carbocycles. The highest BCUT2D eigenvalue weighted by atomic mass is 32.2. The van der Waals surface area contributed by atoms with Crippen molar-refractivity contribution in [3.8, 4) is 0 Å². The first kappa shape index (κ1) is 14.3. The summed E-state index contributed by atoms with van der Waals surface area (Å²) in [7, 11) is 0. The van der Waals surface area contributed by atoms with Crippen LogP contribution >= 0.6 is 11.8 Å². The van der Waals surface area contributed by atoms with Crippen molar-refractivity contribution in [3.63, 3.8) is 0 Å². The van der Waals surface area contributed by atoms with Gasteiger partial charge in [0.2, 0.25) is 0 Å².